The van der Waals surface area contributed by atoms with Crippen LogP contribution in [0.3, 0.4) is 0 Å². The maximum absolute atomic E-state index is 10.7. The molecule has 1 aliphatic rings. The molecule has 12 heavy (non-hydrogen) atoms. The fourth-order valence-corrected chi connectivity index (χ4v) is 1.81. The van der Waals surface area contributed by atoms with E-state index in [1.807, 2.05) is 10.6 Å². The van der Waals surface area contributed by atoms with Gasteiger partial charge in [0.2, 0.25) is 0 Å². The summed E-state index contributed by atoms with van der Waals surface area (Å²) in [4.78, 5) is 10.7. The molecule has 1 aromatic heterocycles. The number of halogens is 1. The Kier molecular flexibility index (Phi) is 1.58. The first-order chi connectivity index (χ1) is 5.68. The number of rotatable bonds is 1. The van der Waals surface area contributed by atoms with Gasteiger partial charge in [-0.3, -0.25) is 0 Å². The standard InChI is InChI=1S/C8H6BrNO2/c9-5-3-7-6(8(11)12)1-2-10(7)4-5/h1-3H,4H2,(H,11,12). The second kappa shape index (κ2) is 2.48. The Hall–Kier alpha value is -1.03. The zero-order valence-corrected chi connectivity index (χ0v) is 7.71. The Labute approximate surface area is 77.4 Å². The van der Waals surface area contributed by atoms with Gasteiger partial charge in [0, 0.05) is 10.7 Å². The third-order valence-electron chi connectivity index (χ3n) is 1.85. The summed E-state index contributed by atoms with van der Waals surface area (Å²) in [5.41, 5.74) is 1.14. The fourth-order valence-electron chi connectivity index (χ4n) is 1.32. The molecule has 0 aliphatic carbocycles. The van der Waals surface area contributed by atoms with Gasteiger partial charge in [0.25, 0.3) is 0 Å². The van der Waals surface area contributed by atoms with E-state index in [1.54, 1.807) is 12.3 Å². The number of hydrogen-bond acceptors (Lipinski definition) is 1. The van der Waals surface area contributed by atoms with Crippen molar-refractivity contribution in [3.63, 3.8) is 0 Å². The Morgan fingerprint density at radius 1 is 1.67 bits per heavy atom. The molecule has 1 N–H and O–H groups in total. The molecule has 2 rings (SSSR count). The number of allylic oxidation sites excluding steroid dienone is 1. The van der Waals surface area contributed by atoms with Gasteiger partial charge >= 0.3 is 5.97 Å². The van der Waals surface area contributed by atoms with Crippen LogP contribution in [0.1, 0.15) is 16.1 Å². The van der Waals surface area contributed by atoms with Crippen LogP contribution in [-0.2, 0) is 6.54 Å². The van der Waals surface area contributed by atoms with Gasteiger partial charge in [0.1, 0.15) is 0 Å². The van der Waals surface area contributed by atoms with Crippen molar-refractivity contribution < 1.29 is 9.90 Å². The molecular formula is C8H6BrNO2. The second-order valence-corrected chi connectivity index (χ2v) is 3.66. The molecule has 3 nitrogen and oxygen atoms in total. The third-order valence-corrected chi connectivity index (χ3v) is 2.33. The Balaban J connectivity index is 2.55. The van der Waals surface area contributed by atoms with Crippen LogP contribution in [0.5, 0.6) is 0 Å². The first kappa shape index (κ1) is 7.61. The fraction of sp³-hybridized carbons (Fsp3) is 0.125. The SMILES string of the molecule is O=C(O)c1ccn2c1C=C(Br)C2. The average Bonchev–Trinajstić information content (AvgIpc) is 2.43. The van der Waals surface area contributed by atoms with Crippen LogP contribution < -0.4 is 0 Å². The normalized spacial score (nSPS) is 14.2. The minimum absolute atomic E-state index is 0.365. The zero-order chi connectivity index (χ0) is 8.72. The average molecular weight is 228 g/mol. The van der Waals surface area contributed by atoms with E-state index in [-0.39, 0.29) is 0 Å². The van der Waals surface area contributed by atoms with Crippen LogP contribution in [0.25, 0.3) is 6.08 Å². The quantitative estimate of drug-likeness (QED) is 0.797. The van der Waals surface area contributed by atoms with Crippen molar-refractivity contribution in [2.45, 2.75) is 6.54 Å². The van der Waals surface area contributed by atoms with Gasteiger partial charge in [0.15, 0.2) is 0 Å². The number of carbonyl (C=O) groups is 1. The number of fused-ring (bicyclic) bond motifs is 1. The van der Waals surface area contributed by atoms with Crippen LogP contribution in [0, 0.1) is 0 Å². The van der Waals surface area contributed by atoms with E-state index in [4.69, 9.17) is 5.11 Å². The lowest BCUT2D eigenvalue weighted by atomic mass is 10.2. The van der Waals surface area contributed by atoms with Gasteiger partial charge in [-0.1, -0.05) is 15.9 Å². The zero-order valence-electron chi connectivity index (χ0n) is 6.12. The highest BCUT2D eigenvalue weighted by Crippen LogP contribution is 2.26. The van der Waals surface area contributed by atoms with Crippen LogP contribution in [-0.4, -0.2) is 15.6 Å². The summed E-state index contributed by atoms with van der Waals surface area (Å²) in [5.74, 6) is -0.873. The van der Waals surface area contributed by atoms with Crippen molar-refractivity contribution in [2.75, 3.05) is 0 Å². The van der Waals surface area contributed by atoms with Gasteiger partial charge in [-0.2, -0.15) is 0 Å². The molecule has 0 aromatic carbocycles. The van der Waals surface area contributed by atoms with Crippen molar-refractivity contribution in [1.82, 2.24) is 4.57 Å². The van der Waals surface area contributed by atoms with E-state index in [0.29, 0.717) is 5.56 Å². The van der Waals surface area contributed by atoms with E-state index in [2.05, 4.69) is 15.9 Å². The van der Waals surface area contributed by atoms with Gasteiger partial charge in [0.05, 0.1) is 17.8 Å². The topological polar surface area (TPSA) is 42.2 Å². The number of carboxylic acids is 1. The van der Waals surface area contributed by atoms with Crippen molar-refractivity contribution in [1.29, 1.82) is 0 Å². The molecule has 0 amide bonds. The molecule has 0 saturated heterocycles. The Morgan fingerprint density at radius 3 is 3.08 bits per heavy atom. The van der Waals surface area contributed by atoms with Gasteiger partial charge in [-0.15, -0.1) is 0 Å². The molecule has 0 unspecified atom stereocenters. The summed E-state index contributed by atoms with van der Waals surface area (Å²) in [6.07, 6.45) is 3.62. The third kappa shape index (κ3) is 0.992. The molecule has 1 aromatic rings. The number of aromatic nitrogens is 1. The largest absolute Gasteiger partial charge is 0.478 e. The summed E-state index contributed by atoms with van der Waals surface area (Å²) in [6, 6.07) is 1.62. The summed E-state index contributed by atoms with van der Waals surface area (Å²) in [6.45, 7) is 0.739. The lowest BCUT2D eigenvalue weighted by Gasteiger charge is -1.95. The molecule has 0 radical (unpaired) electrons. The summed E-state index contributed by atoms with van der Waals surface area (Å²) >= 11 is 3.33. The summed E-state index contributed by atoms with van der Waals surface area (Å²) < 4.78 is 2.91. The number of nitrogens with zero attached hydrogens (tertiary/aromatic N) is 1. The van der Waals surface area contributed by atoms with E-state index in [9.17, 15) is 4.79 Å². The van der Waals surface area contributed by atoms with E-state index in [0.717, 1.165) is 16.7 Å². The molecule has 4 heteroatoms. The van der Waals surface area contributed by atoms with Crippen LogP contribution in [0.15, 0.2) is 16.7 Å². The number of carboxylic acid groups (broad SMARTS) is 1. The Morgan fingerprint density at radius 2 is 2.42 bits per heavy atom. The molecule has 0 spiro atoms. The van der Waals surface area contributed by atoms with E-state index < -0.39 is 5.97 Å². The molecule has 62 valence electrons. The van der Waals surface area contributed by atoms with Crippen molar-refractivity contribution >= 4 is 28.0 Å². The maximum atomic E-state index is 10.7. The molecule has 2 heterocycles. The summed E-state index contributed by atoms with van der Waals surface area (Å²) in [5, 5.41) is 8.77. The van der Waals surface area contributed by atoms with Crippen LogP contribution in [0.2, 0.25) is 0 Å². The Bertz CT molecular complexity index is 378. The van der Waals surface area contributed by atoms with Gasteiger partial charge in [-0.25, -0.2) is 4.79 Å². The highest BCUT2D eigenvalue weighted by Gasteiger charge is 2.17. The highest BCUT2D eigenvalue weighted by atomic mass is 79.9. The predicted molar refractivity (Wildman–Crippen MR) is 48.3 cm³/mol. The lowest BCUT2D eigenvalue weighted by molar-refractivity contribution is 0.0696. The predicted octanol–water partition coefficient (Wildman–Crippen LogP) is 1.94. The van der Waals surface area contributed by atoms with Crippen molar-refractivity contribution in [2.24, 2.45) is 0 Å². The summed E-state index contributed by atoms with van der Waals surface area (Å²) in [7, 11) is 0. The molecule has 0 atom stereocenters. The maximum Gasteiger partial charge on any atom is 0.337 e. The van der Waals surface area contributed by atoms with Crippen LogP contribution in [0.4, 0.5) is 0 Å². The number of hydrogen-bond donors (Lipinski definition) is 1. The van der Waals surface area contributed by atoms with Crippen molar-refractivity contribution in [3.8, 4) is 0 Å². The monoisotopic (exact) mass is 227 g/mol. The van der Waals surface area contributed by atoms with E-state index >= 15 is 0 Å². The van der Waals surface area contributed by atoms with Crippen LogP contribution >= 0.6 is 15.9 Å². The highest BCUT2D eigenvalue weighted by molar-refractivity contribution is 9.11. The minimum Gasteiger partial charge on any atom is -0.478 e. The van der Waals surface area contributed by atoms with Gasteiger partial charge < -0.3 is 9.67 Å². The molecule has 0 saturated carbocycles. The number of aromatic carboxylic acids is 1. The lowest BCUT2D eigenvalue weighted by Crippen LogP contribution is -1.98. The van der Waals surface area contributed by atoms with Gasteiger partial charge in [-0.05, 0) is 12.1 Å². The van der Waals surface area contributed by atoms with E-state index in [1.165, 1.54) is 0 Å². The molecular weight excluding hydrogens is 222 g/mol. The first-order valence-corrected chi connectivity index (χ1v) is 4.26. The molecule has 1 aliphatic heterocycles. The smallest absolute Gasteiger partial charge is 0.337 e. The first-order valence-electron chi connectivity index (χ1n) is 3.47. The van der Waals surface area contributed by atoms with Crippen molar-refractivity contribution in [3.05, 3.63) is 28.0 Å². The minimum atomic E-state index is -0.873. The molecule has 0 bridgehead atoms. The molecule has 0 fully saturated rings. The second-order valence-electron chi connectivity index (χ2n) is 2.64.